The van der Waals surface area contributed by atoms with Gasteiger partial charge >= 0.3 is 0 Å². The number of rotatable bonds is 3. The summed E-state index contributed by atoms with van der Waals surface area (Å²) >= 11 is 0. The second kappa shape index (κ2) is 2.29. The van der Waals surface area contributed by atoms with Crippen LogP contribution in [0.5, 0.6) is 0 Å². The van der Waals surface area contributed by atoms with Crippen molar-refractivity contribution < 1.29 is 4.79 Å². The molecule has 1 rings (SSSR count). The van der Waals surface area contributed by atoms with Crippen molar-refractivity contribution in [2.75, 3.05) is 0 Å². The standard InChI is InChI=1S/C7H12O/c1-2-3-6-4-7(6)5-8/h5-7H,2-4H2,1H3. The molecule has 0 aromatic carbocycles. The SMILES string of the molecule is CCCC1CC1C=O. The largest absolute Gasteiger partial charge is 0.303 e. The molecule has 1 nitrogen and oxygen atoms in total. The molecule has 0 aliphatic heterocycles. The molecule has 0 radical (unpaired) electrons. The molecule has 8 heavy (non-hydrogen) atoms. The van der Waals surface area contributed by atoms with Crippen LogP contribution in [0.3, 0.4) is 0 Å². The normalized spacial score (nSPS) is 34.6. The van der Waals surface area contributed by atoms with E-state index in [-0.39, 0.29) is 0 Å². The molecule has 2 atom stereocenters. The fourth-order valence-electron chi connectivity index (χ4n) is 1.14. The van der Waals surface area contributed by atoms with Gasteiger partial charge in [0.25, 0.3) is 0 Å². The van der Waals surface area contributed by atoms with E-state index in [1.807, 2.05) is 0 Å². The first-order valence-corrected chi connectivity index (χ1v) is 3.33. The van der Waals surface area contributed by atoms with E-state index in [9.17, 15) is 4.79 Å². The van der Waals surface area contributed by atoms with Gasteiger partial charge in [-0.05, 0) is 12.3 Å². The van der Waals surface area contributed by atoms with Gasteiger partial charge in [0.15, 0.2) is 0 Å². The predicted molar refractivity (Wildman–Crippen MR) is 32.6 cm³/mol. The Hall–Kier alpha value is -0.330. The zero-order valence-electron chi connectivity index (χ0n) is 5.26. The Labute approximate surface area is 50.1 Å². The van der Waals surface area contributed by atoms with E-state index in [1.165, 1.54) is 12.8 Å². The summed E-state index contributed by atoms with van der Waals surface area (Å²) in [5, 5.41) is 0. The van der Waals surface area contributed by atoms with Crippen LogP contribution in [0.1, 0.15) is 26.2 Å². The highest BCUT2D eigenvalue weighted by atomic mass is 16.1. The highest BCUT2D eigenvalue weighted by Gasteiger charge is 2.35. The van der Waals surface area contributed by atoms with Crippen molar-refractivity contribution >= 4 is 6.29 Å². The molecule has 0 aromatic heterocycles. The summed E-state index contributed by atoms with van der Waals surface area (Å²) in [6.07, 6.45) is 4.75. The molecular weight excluding hydrogens is 100 g/mol. The minimum Gasteiger partial charge on any atom is -0.303 e. The third-order valence-corrected chi connectivity index (χ3v) is 1.81. The van der Waals surface area contributed by atoms with Crippen LogP contribution in [0.25, 0.3) is 0 Å². The van der Waals surface area contributed by atoms with Crippen molar-refractivity contribution in [2.24, 2.45) is 11.8 Å². The summed E-state index contributed by atoms with van der Waals surface area (Å²) < 4.78 is 0. The summed E-state index contributed by atoms with van der Waals surface area (Å²) in [6.45, 7) is 2.17. The Morgan fingerprint density at radius 1 is 1.75 bits per heavy atom. The van der Waals surface area contributed by atoms with Gasteiger partial charge in [-0.2, -0.15) is 0 Å². The van der Waals surface area contributed by atoms with Crippen LogP contribution in [-0.4, -0.2) is 6.29 Å². The molecule has 0 N–H and O–H groups in total. The molecule has 0 heterocycles. The molecule has 46 valence electrons. The van der Waals surface area contributed by atoms with Crippen molar-refractivity contribution in [1.29, 1.82) is 0 Å². The van der Waals surface area contributed by atoms with Gasteiger partial charge in [0.05, 0.1) is 0 Å². The minimum absolute atomic E-state index is 0.440. The molecule has 0 bridgehead atoms. The van der Waals surface area contributed by atoms with Gasteiger partial charge in [0.2, 0.25) is 0 Å². The zero-order chi connectivity index (χ0) is 5.98. The van der Waals surface area contributed by atoms with Crippen molar-refractivity contribution in [1.82, 2.24) is 0 Å². The molecular formula is C7H12O. The second-order valence-corrected chi connectivity index (χ2v) is 2.58. The Kier molecular flexibility index (Phi) is 1.66. The summed E-state index contributed by atoms with van der Waals surface area (Å²) in [7, 11) is 0. The second-order valence-electron chi connectivity index (χ2n) is 2.58. The quantitative estimate of drug-likeness (QED) is 0.507. The predicted octanol–water partition coefficient (Wildman–Crippen LogP) is 1.62. The molecule has 0 aromatic rings. The fraction of sp³-hybridized carbons (Fsp3) is 0.857. The first-order chi connectivity index (χ1) is 3.88. The first-order valence-electron chi connectivity index (χ1n) is 3.33. The van der Waals surface area contributed by atoms with Crippen molar-refractivity contribution in [3.8, 4) is 0 Å². The van der Waals surface area contributed by atoms with Gasteiger partial charge in [-0.25, -0.2) is 0 Å². The van der Waals surface area contributed by atoms with Crippen molar-refractivity contribution in [3.05, 3.63) is 0 Å². The number of hydrogen-bond donors (Lipinski definition) is 0. The summed E-state index contributed by atoms with van der Waals surface area (Å²) in [4.78, 5) is 10.1. The lowest BCUT2D eigenvalue weighted by atomic mass is 10.2. The zero-order valence-corrected chi connectivity index (χ0v) is 5.26. The smallest absolute Gasteiger partial charge is 0.123 e. The molecule has 1 saturated carbocycles. The van der Waals surface area contributed by atoms with Gasteiger partial charge in [-0.15, -0.1) is 0 Å². The Bertz CT molecular complexity index is 88.4. The molecule has 1 heteroatoms. The maximum atomic E-state index is 10.1. The van der Waals surface area contributed by atoms with Gasteiger partial charge in [-0.3, -0.25) is 0 Å². The lowest BCUT2D eigenvalue weighted by Crippen LogP contribution is -1.81. The molecule has 1 aliphatic carbocycles. The van der Waals surface area contributed by atoms with Crippen LogP contribution >= 0.6 is 0 Å². The summed E-state index contributed by atoms with van der Waals surface area (Å²) in [5.41, 5.74) is 0. The average molecular weight is 112 g/mol. The van der Waals surface area contributed by atoms with Crippen molar-refractivity contribution in [2.45, 2.75) is 26.2 Å². The molecule has 1 aliphatic rings. The summed E-state index contributed by atoms with van der Waals surface area (Å²) in [6, 6.07) is 0. The van der Waals surface area contributed by atoms with Crippen LogP contribution in [0, 0.1) is 11.8 Å². The Morgan fingerprint density at radius 3 is 2.88 bits per heavy atom. The average Bonchev–Trinajstić information content (AvgIpc) is 2.48. The van der Waals surface area contributed by atoms with Crippen LogP contribution in [0.4, 0.5) is 0 Å². The van der Waals surface area contributed by atoms with Gasteiger partial charge in [0.1, 0.15) is 6.29 Å². The molecule has 1 fully saturated rings. The lowest BCUT2D eigenvalue weighted by molar-refractivity contribution is -0.109. The highest BCUT2D eigenvalue weighted by molar-refractivity contribution is 5.58. The van der Waals surface area contributed by atoms with E-state index in [0.717, 1.165) is 18.6 Å². The van der Waals surface area contributed by atoms with Gasteiger partial charge < -0.3 is 4.79 Å². The number of aldehydes is 1. The number of carbonyl (C=O) groups excluding carboxylic acids is 1. The maximum Gasteiger partial charge on any atom is 0.123 e. The van der Waals surface area contributed by atoms with Crippen LogP contribution < -0.4 is 0 Å². The first kappa shape index (κ1) is 5.80. The molecule has 0 amide bonds. The van der Waals surface area contributed by atoms with E-state index < -0.39 is 0 Å². The third kappa shape index (κ3) is 1.09. The lowest BCUT2D eigenvalue weighted by Gasteiger charge is -1.86. The van der Waals surface area contributed by atoms with E-state index in [2.05, 4.69) is 6.92 Å². The Morgan fingerprint density at radius 2 is 2.50 bits per heavy atom. The van der Waals surface area contributed by atoms with Gasteiger partial charge in [0, 0.05) is 5.92 Å². The van der Waals surface area contributed by atoms with Crippen molar-refractivity contribution in [3.63, 3.8) is 0 Å². The number of carbonyl (C=O) groups is 1. The highest BCUT2D eigenvalue weighted by Crippen LogP contribution is 2.39. The van der Waals surface area contributed by atoms with E-state index in [4.69, 9.17) is 0 Å². The molecule has 0 spiro atoms. The monoisotopic (exact) mass is 112 g/mol. The minimum atomic E-state index is 0.440. The topological polar surface area (TPSA) is 17.1 Å². The molecule has 0 saturated heterocycles. The van der Waals surface area contributed by atoms with E-state index in [1.54, 1.807) is 0 Å². The molecule has 2 unspecified atom stereocenters. The summed E-state index contributed by atoms with van der Waals surface area (Å²) in [5.74, 6) is 1.20. The van der Waals surface area contributed by atoms with E-state index in [0.29, 0.717) is 5.92 Å². The number of hydrogen-bond acceptors (Lipinski definition) is 1. The van der Waals surface area contributed by atoms with Gasteiger partial charge in [-0.1, -0.05) is 19.8 Å². The van der Waals surface area contributed by atoms with E-state index >= 15 is 0 Å². The maximum absolute atomic E-state index is 10.1. The van der Waals surface area contributed by atoms with Crippen LogP contribution in [-0.2, 0) is 4.79 Å². The Balaban J connectivity index is 2.07. The fourth-order valence-corrected chi connectivity index (χ4v) is 1.14. The third-order valence-electron chi connectivity index (χ3n) is 1.81. The van der Waals surface area contributed by atoms with Crippen LogP contribution in [0.15, 0.2) is 0 Å². The van der Waals surface area contributed by atoms with Crippen LogP contribution in [0.2, 0.25) is 0 Å².